The van der Waals surface area contributed by atoms with Crippen molar-refractivity contribution in [2.75, 3.05) is 18.9 Å². The van der Waals surface area contributed by atoms with Crippen molar-refractivity contribution in [3.8, 4) is 0 Å². The van der Waals surface area contributed by atoms with E-state index in [2.05, 4.69) is 10.3 Å². The maximum atomic E-state index is 12.5. The first-order valence-corrected chi connectivity index (χ1v) is 9.60. The lowest BCUT2D eigenvalue weighted by atomic mass is 10.2. The maximum absolute atomic E-state index is 12.5. The first-order chi connectivity index (χ1) is 12.4. The Kier molecular flexibility index (Phi) is 5.52. The van der Waals surface area contributed by atoms with Gasteiger partial charge in [-0.25, -0.2) is 9.78 Å². The lowest BCUT2D eigenvalue weighted by Gasteiger charge is -2.10. The second-order valence-electron chi connectivity index (χ2n) is 6.24. The first-order valence-electron chi connectivity index (χ1n) is 8.61. The van der Waals surface area contributed by atoms with Crippen molar-refractivity contribution in [3.05, 3.63) is 20.8 Å². The van der Waals surface area contributed by atoms with Crippen molar-refractivity contribution in [1.82, 2.24) is 24.0 Å². The number of thioether (sulfide) groups is 1. The van der Waals surface area contributed by atoms with Gasteiger partial charge in [-0.15, -0.1) is 0 Å². The normalized spacial score (nSPS) is 17.1. The fourth-order valence-electron chi connectivity index (χ4n) is 3.05. The standard InChI is InChI=1S/C16H23N5O4S/c1-4-21-14(23)12-13(20(3)16(21)24)18-15(19(12)2)26-9-11(22)17-8-10-6-5-7-25-10/h10H,4-9H2,1-3H3,(H,17,22)/t10-/m0/s1. The van der Waals surface area contributed by atoms with Crippen LogP contribution >= 0.6 is 11.8 Å². The van der Waals surface area contributed by atoms with Crippen LogP contribution in [-0.2, 0) is 30.2 Å². The van der Waals surface area contributed by atoms with Crippen molar-refractivity contribution in [2.45, 2.75) is 37.6 Å². The number of carbonyl (C=O) groups excluding carboxylic acids is 1. The van der Waals surface area contributed by atoms with Crippen LogP contribution in [0.3, 0.4) is 0 Å². The zero-order valence-electron chi connectivity index (χ0n) is 15.2. The molecule has 1 fully saturated rings. The number of aromatic nitrogens is 4. The van der Waals surface area contributed by atoms with Gasteiger partial charge in [0.1, 0.15) is 0 Å². The van der Waals surface area contributed by atoms with Gasteiger partial charge >= 0.3 is 5.69 Å². The number of carbonyl (C=O) groups is 1. The van der Waals surface area contributed by atoms with Gasteiger partial charge in [0.15, 0.2) is 16.3 Å². The van der Waals surface area contributed by atoms with E-state index in [0.717, 1.165) is 19.4 Å². The molecule has 0 saturated carbocycles. The van der Waals surface area contributed by atoms with Gasteiger partial charge in [0, 0.05) is 33.8 Å². The largest absolute Gasteiger partial charge is 0.376 e. The van der Waals surface area contributed by atoms with Gasteiger partial charge in [0.05, 0.1) is 11.9 Å². The average molecular weight is 381 g/mol. The Hall–Kier alpha value is -2.07. The van der Waals surface area contributed by atoms with Crippen LogP contribution in [0.2, 0.25) is 0 Å². The van der Waals surface area contributed by atoms with Gasteiger partial charge in [-0.05, 0) is 19.8 Å². The molecule has 10 heteroatoms. The second-order valence-corrected chi connectivity index (χ2v) is 7.19. The molecule has 26 heavy (non-hydrogen) atoms. The molecule has 0 bridgehead atoms. The third-order valence-corrected chi connectivity index (χ3v) is 5.55. The molecule has 1 aliphatic rings. The van der Waals surface area contributed by atoms with Gasteiger partial charge in [0.2, 0.25) is 5.91 Å². The minimum atomic E-state index is -0.394. The molecular formula is C16H23N5O4S. The summed E-state index contributed by atoms with van der Waals surface area (Å²) in [4.78, 5) is 41.2. The van der Waals surface area contributed by atoms with Crippen molar-refractivity contribution in [3.63, 3.8) is 0 Å². The lowest BCUT2D eigenvalue weighted by molar-refractivity contribution is -0.119. The molecule has 9 nitrogen and oxygen atoms in total. The molecule has 1 atom stereocenters. The Morgan fingerprint density at radius 2 is 2.12 bits per heavy atom. The average Bonchev–Trinajstić information content (AvgIpc) is 3.25. The van der Waals surface area contributed by atoms with Crippen LogP contribution in [0.25, 0.3) is 11.2 Å². The highest BCUT2D eigenvalue weighted by Gasteiger charge is 2.19. The Bertz CT molecular complexity index is 939. The Labute approximate surface area is 154 Å². The quantitative estimate of drug-likeness (QED) is 0.698. The molecule has 2 aromatic heterocycles. The summed E-state index contributed by atoms with van der Waals surface area (Å²) >= 11 is 1.24. The number of imidazole rings is 1. The summed E-state index contributed by atoms with van der Waals surface area (Å²) in [6, 6.07) is 0. The summed E-state index contributed by atoms with van der Waals surface area (Å²) in [5.41, 5.74) is -0.0742. The van der Waals surface area contributed by atoms with Crippen LogP contribution in [0.15, 0.2) is 14.7 Å². The van der Waals surface area contributed by atoms with Crippen LogP contribution in [-0.4, -0.2) is 49.6 Å². The van der Waals surface area contributed by atoms with Gasteiger partial charge in [-0.2, -0.15) is 0 Å². The smallest absolute Gasteiger partial charge is 0.332 e. The first kappa shape index (κ1) is 18.7. The molecule has 0 spiro atoms. The van der Waals surface area contributed by atoms with Crippen molar-refractivity contribution in [1.29, 1.82) is 0 Å². The molecule has 1 N–H and O–H groups in total. The van der Waals surface area contributed by atoms with Crippen molar-refractivity contribution < 1.29 is 9.53 Å². The van der Waals surface area contributed by atoms with Crippen LogP contribution in [0.1, 0.15) is 19.8 Å². The molecule has 0 unspecified atom stereocenters. The Balaban J connectivity index is 1.76. The molecule has 3 rings (SSSR count). The van der Waals surface area contributed by atoms with E-state index >= 15 is 0 Å². The molecular weight excluding hydrogens is 358 g/mol. The molecule has 1 amide bonds. The van der Waals surface area contributed by atoms with Gasteiger partial charge < -0.3 is 14.6 Å². The third-order valence-electron chi connectivity index (χ3n) is 4.52. The number of hydrogen-bond donors (Lipinski definition) is 1. The molecule has 0 aliphatic carbocycles. The molecule has 0 radical (unpaired) electrons. The molecule has 142 valence electrons. The van der Waals surface area contributed by atoms with E-state index in [9.17, 15) is 14.4 Å². The Morgan fingerprint density at radius 1 is 1.35 bits per heavy atom. The zero-order chi connectivity index (χ0) is 18.8. The predicted molar refractivity (Wildman–Crippen MR) is 98.6 cm³/mol. The maximum Gasteiger partial charge on any atom is 0.332 e. The van der Waals surface area contributed by atoms with Gasteiger partial charge in [0.25, 0.3) is 5.56 Å². The number of ether oxygens (including phenoxy) is 1. The van der Waals surface area contributed by atoms with E-state index in [1.807, 2.05) is 0 Å². The Morgan fingerprint density at radius 3 is 2.77 bits per heavy atom. The number of rotatable bonds is 6. The van der Waals surface area contributed by atoms with E-state index in [0.29, 0.717) is 29.4 Å². The summed E-state index contributed by atoms with van der Waals surface area (Å²) in [7, 11) is 3.31. The highest BCUT2D eigenvalue weighted by Crippen LogP contribution is 2.20. The number of aryl methyl sites for hydroxylation is 2. The SMILES string of the molecule is CCn1c(=O)c2c(nc(SCC(=O)NC[C@@H]3CCCO3)n2C)n(C)c1=O. The number of nitrogens with one attached hydrogen (secondary N) is 1. The lowest BCUT2D eigenvalue weighted by Crippen LogP contribution is -2.39. The molecule has 1 aliphatic heterocycles. The van der Waals surface area contributed by atoms with Crippen LogP contribution in [0.5, 0.6) is 0 Å². The number of fused-ring (bicyclic) bond motifs is 1. The van der Waals surface area contributed by atoms with E-state index in [1.54, 1.807) is 25.6 Å². The van der Waals surface area contributed by atoms with E-state index < -0.39 is 5.69 Å². The highest BCUT2D eigenvalue weighted by atomic mass is 32.2. The third kappa shape index (κ3) is 3.43. The van der Waals surface area contributed by atoms with Crippen molar-refractivity contribution >= 4 is 28.8 Å². The number of nitrogens with zero attached hydrogens (tertiary/aromatic N) is 4. The van der Waals surface area contributed by atoms with Crippen LogP contribution in [0.4, 0.5) is 0 Å². The molecule has 0 aromatic carbocycles. The van der Waals surface area contributed by atoms with Gasteiger partial charge in [-0.1, -0.05) is 11.8 Å². The monoisotopic (exact) mass is 381 g/mol. The van der Waals surface area contributed by atoms with Gasteiger partial charge in [-0.3, -0.25) is 18.7 Å². The fourth-order valence-corrected chi connectivity index (χ4v) is 3.84. The fraction of sp³-hybridized carbons (Fsp3) is 0.625. The topological polar surface area (TPSA) is 100 Å². The predicted octanol–water partition coefficient (Wildman–Crippen LogP) is -0.159. The minimum Gasteiger partial charge on any atom is -0.376 e. The summed E-state index contributed by atoms with van der Waals surface area (Å²) < 4.78 is 9.65. The van der Waals surface area contributed by atoms with Crippen molar-refractivity contribution in [2.24, 2.45) is 14.1 Å². The zero-order valence-corrected chi connectivity index (χ0v) is 16.0. The van der Waals surface area contributed by atoms with E-state index in [1.165, 1.54) is 20.9 Å². The number of amides is 1. The van der Waals surface area contributed by atoms with E-state index in [-0.39, 0.29) is 23.3 Å². The summed E-state index contributed by atoms with van der Waals surface area (Å²) in [5, 5.41) is 3.38. The summed E-state index contributed by atoms with van der Waals surface area (Å²) in [6.45, 7) is 3.31. The highest BCUT2D eigenvalue weighted by molar-refractivity contribution is 7.99. The number of hydrogen-bond acceptors (Lipinski definition) is 6. The summed E-state index contributed by atoms with van der Waals surface area (Å²) in [5.74, 6) is 0.0668. The van der Waals surface area contributed by atoms with E-state index in [4.69, 9.17) is 4.74 Å². The minimum absolute atomic E-state index is 0.0988. The molecule has 1 saturated heterocycles. The summed E-state index contributed by atoms with van der Waals surface area (Å²) in [6.07, 6.45) is 2.10. The van der Waals surface area contributed by atoms with Crippen LogP contribution in [0, 0.1) is 0 Å². The second kappa shape index (κ2) is 7.67. The molecule has 2 aromatic rings. The van der Waals surface area contributed by atoms with Crippen LogP contribution < -0.4 is 16.6 Å². The molecule has 3 heterocycles.